The molecule has 1 aromatic heterocycles. The molecule has 0 spiro atoms. The molecule has 3 atom stereocenters. The fraction of sp³-hybridized carbons (Fsp3) is 0.318. The molecule has 0 unspecified atom stereocenters. The van der Waals surface area contributed by atoms with Crippen LogP contribution < -0.4 is 5.32 Å². The normalized spacial score (nSPS) is 24.1. The molecule has 150 valence electrons. The Morgan fingerprint density at radius 2 is 1.97 bits per heavy atom. The summed E-state index contributed by atoms with van der Waals surface area (Å²) in [5, 5.41) is 4.74. The summed E-state index contributed by atoms with van der Waals surface area (Å²) in [6.07, 6.45) is 0.448. The van der Waals surface area contributed by atoms with Crippen molar-refractivity contribution in [2.24, 2.45) is 5.92 Å². The molecule has 2 aliphatic rings. The first-order valence-corrected chi connectivity index (χ1v) is 10.4. The lowest BCUT2D eigenvalue weighted by Crippen LogP contribution is -2.44. The highest BCUT2D eigenvalue weighted by molar-refractivity contribution is 7.10. The van der Waals surface area contributed by atoms with E-state index in [9.17, 15) is 18.8 Å². The third-order valence-corrected chi connectivity index (χ3v) is 6.45. The first-order valence-electron chi connectivity index (χ1n) is 9.52. The molecule has 1 aromatic carbocycles. The summed E-state index contributed by atoms with van der Waals surface area (Å²) in [6.45, 7) is 1.89. The molecule has 0 radical (unpaired) electrons. The van der Waals surface area contributed by atoms with E-state index in [-0.39, 0.29) is 36.5 Å². The zero-order valence-corrected chi connectivity index (χ0v) is 16.6. The number of esters is 1. The Morgan fingerprint density at radius 1 is 1.21 bits per heavy atom. The molecule has 1 aliphatic heterocycles. The average Bonchev–Trinajstić information content (AvgIpc) is 3.22. The van der Waals surface area contributed by atoms with Crippen LogP contribution >= 0.6 is 11.3 Å². The average molecular weight is 413 g/mol. The minimum Gasteiger partial charge on any atom is -0.465 e. The Labute approximate surface area is 171 Å². The topological polar surface area (TPSA) is 72.5 Å². The molecule has 1 aliphatic carbocycles. The van der Waals surface area contributed by atoms with Gasteiger partial charge in [0.15, 0.2) is 5.78 Å². The van der Waals surface area contributed by atoms with Gasteiger partial charge in [0.25, 0.3) is 0 Å². The number of carbonyl (C=O) groups excluding carboxylic acids is 3. The summed E-state index contributed by atoms with van der Waals surface area (Å²) in [7, 11) is 0. The van der Waals surface area contributed by atoms with Crippen molar-refractivity contribution < 1.29 is 23.5 Å². The van der Waals surface area contributed by atoms with Crippen molar-refractivity contribution in [1.29, 1.82) is 0 Å². The molecule has 2 heterocycles. The number of benzene rings is 1. The van der Waals surface area contributed by atoms with Gasteiger partial charge in [0.2, 0.25) is 5.91 Å². The Hall–Kier alpha value is -2.80. The van der Waals surface area contributed by atoms with Crippen molar-refractivity contribution in [3.05, 3.63) is 69.3 Å². The van der Waals surface area contributed by atoms with Gasteiger partial charge in [0, 0.05) is 34.4 Å². The number of hydrogen-bond acceptors (Lipinski definition) is 5. The number of rotatable bonds is 4. The second-order valence-electron chi connectivity index (χ2n) is 7.17. The molecule has 1 amide bonds. The van der Waals surface area contributed by atoms with Gasteiger partial charge in [-0.3, -0.25) is 14.4 Å². The third kappa shape index (κ3) is 3.62. The fourth-order valence-electron chi connectivity index (χ4n) is 4.20. The number of hydrogen-bond donors (Lipinski definition) is 1. The minimum absolute atomic E-state index is 0.0788. The van der Waals surface area contributed by atoms with Gasteiger partial charge in [0.1, 0.15) is 11.7 Å². The zero-order valence-electron chi connectivity index (χ0n) is 15.8. The van der Waals surface area contributed by atoms with E-state index in [1.165, 1.54) is 23.5 Å². The van der Waals surface area contributed by atoms with E-state index in [0.29, 0.717) is 23.3 Å². The second kappa shape index (κ2) is 7.91. The van der Waals surface area contributed by atoms with Crippen LogP contribution in [0, 0.1) is 11.7 Å². The van der Waals surface area contributed by atoms with Crippen molar-refractivity contribution in [3.63, 3.8) is 0 Å². The van der Waals surface area contributed by atoms with E-state index >= 15 is 0 Å². The summed E-state index contributed by atoms with van der Waals surface area (Å²) in [6, 6.07) is 9.56. The van der Waals surface area contributed by atoms with Crippen LogP contribution in [0.2, 0.25) is 0 Å². The van der Waals surface area contributed by atoms with Crippen LogP contribution in [-0.4, -0.2) is 24.3 Å². The van der Waals surface area contributed by atoms with E-state index in [1.807, 2.05) is 17.5 Å². The largest absolute Gasteiger partial charge is 0.465 e. The van der Waals surface area contributed by atoms with Crippen LogP contribution in [0.5, 0.6) is 0 Å². The number of nitrogens with one attached hydrogen (secondary N) is 1. The quantitative estimate of drug-likeness (QED) is 0.613. The van der Waals surface area contributed by atoms with Gasteiger partial charge in [0.05, 0.1) is 6.61 Å². The number of amides is 1. The van der Waals surface area contributed by atoms with Gasteiger partial charge < -0.3 is 10.1 Å². The highest BCUT2D eigenvalue weighted by atomic mass is 32.1. The first kappa shape index (κ1) is 19.5. The van der Waals surface area contributed by atoms with Crippen LogP contribution in [-0.2, 0) is 19.1 Å². The van der Waals surface area contributed by atoms with E-state index in [2.05, 4.69) is 5.32 Å². The van der Waals surface area contributed by atoms with Gasteiger partial charge in [-0.25, -0.2) is 4.39 Å². The van der Waals surface area contributed by atoms with Crippen LogP contribution in [0.15, 0.2) is 53.0 Å². The highest BCUT2D eigenvalue weighted by Crippen LogP contribution is 2.46. The number of carbonyl (C=O) groups is 3. The molecule has 0 saturated heterocycles. The molecule has 1 N–H and O–H groups in total. The Kier molecular flexibility index (Phi) is 5.32. The molecule has 5 nitrogen and oxygen atoms in total. The Bertz CT molecular complexity index is 981. The maximum absolute atomic E-state index is 13.6. The van der Waals surface area contributed by atoms with Gasteiger partial charge in [-0.1, -0.05) is 18.2 Å². The van der Waals surface area contributed by atoms with Crippen LogP contribution in [0.1, 0.15) is 42.0 Å². The molecule has 0 fully saturated rings. The molecule has 0 bridgehead atoms. The summed E-state index contributed by atoms with van der Waals surface area (Å²) >= 11 is 1.47. The molecule has 29 heavy (non-hydrogen) atoms. The van der Waals surface area contributed by atoms with Gasteiger partial charge >= 0.3 is 5.97 Å². The predicted octanol–water partition coefficient (Wildman–Crippen LogP) is 3.68. The lowest BCUT2D eigenvalue weighted by molar-refractivity contribution is -0.152. The van der Waals surface area contributed by atoms with Crippen LogP contribution in [0.25, 0.3) is 0 Å². The SMILES string of the molecule is CCOC(=O)[C@H]1C(=O)C2=C(C[C@@H]1c1cccs1)NC(=O)C[C@@H]2c1ccc(F)cc1. The van der Waals surface area contributed by atoms with E-state index < -0.39 is 17.8 Å². The molecular weight excluding hydrogens is 393 g/mol. The van der Waals surface area contributed by atoms with Crippen LogP contribution in [0.3, 0.4) is 0 Å². The Balaban J connectivity index is 1.80. The predicted molar refractivity (Wildman–Crippen MR) is 106 cm³/mol. The van der Waals surface area contributed by atoms with E-state index in [0.717, 1.165) is 4.88 Å². The summed E-state index contributed by atoms with van der Waals surface area (Å²) in [5.41, 5.74) is 1.67. The maximum atomic E-state index is 13.6. The minimum atomic E-state index is -0.953. The number of ketones is 1. The summed E-state index contributed by atoms with van der Waals surface area (Å²) in [4.78, 5) is 39.6. The fourth-order valence-corrected chi connectivity index (χ4v) is 5.07. The zero-order chi connectivity index (χ0) is 20.5. The first-order chi connectivity index (χ1) is 14.0. The third-order valence-electron chi connectivity index (χ3n) is 5.45. The van der Waals surface area contributed by atoms with Gasteiger partial charge in [-0.2, -0.15) is 0 Å². The molecule has 0 saturated carbocycles. The lowest BCUT2D eigenvalue weighted by atomic mass is 9.69. The van der Waals surface area contributed by atoms with E-state index in [1.54, 1.807) is 19.1 Å². The lowest BCUT2D eigenvalue weighted by Gasteiger charge is -2.37. The summed E-state index contributed by atoms with van der Waals surface area (Å²) < 4.78 is 18.6. The van der Waals surface area contributed by atoms with Crippen molar-refractivity contribution in [2.75, 3.05) is 6.61 Å². The van der Waals surface area contributed by atoms with Crippen molar-refractivity contribution in [3.8, 4) is 0 Å². The van der Waals surface area contributed by atoms with Crippen LogP contribution in [0.4, 0.5) is 4.39 Å². The molecular formula is C22H20FNO4S. The van der Waals surface area contributed by atoms with Crippen molar-refractivity contribution in [1.82, 2.24) is 5.32 Å². The highest BCUT2D eigenvalue weighted by Gasteiger charge is 2.47. The smallest absolute Gasteiger partial charge is 0.317 e. The number of allylic oxidation sites excluding steroid dienone is 2. The number of ether oxygens (including phenoxy) is 1. The Morgan fingerprint density at radius 3 is 2.62 bits per heavy atom. The molecule has 2 aromatic rings. The molecule has 4 rings (SSSR count). The summed E-state index contributed by atoms with van der Waals surface area (Å²) in [5.74, 6) is -3.29. The monoisotopic (exact) mass is 413 g/mol. The number of thiophene rings is 1. The van der Waals surface area contributed by atoms with Gasteiger partial charge in [-0.05, 0) is 42.5 Å². The standard InChI is InChI=1S/C22H20FNO4S/c1-2-28-22(27)20-15(17-4-3-9-29-17)10-16-19(21(20)26)14(11-18(25)24-16)12-5-7-13(23)8-6-12/h3-9,14-15,20H,2,10-11H2,1H3,(H,24,25)/t14-,15-,20-/m1/s1. The maximum Gasteiger partial charge on any atom is 0.317 e. The number of Topliss-reactive ketones (excluding diaryl/α,β-unsaturated/α-hetero) is 1. The van der Waals surface area contributed by atoms with Crippen molar-refractivity contribution >= 4 is 29.0 Å². The van der Waals surface area contributed by atoms with E-state index in [4.69, 9.17) is 4.74 Å². The number of halogens is 1. The van der Waals surface area contributed by atoms with Gasteiger partial charge in [-0.15, -0.1) is 11.3 Å². The molecule has 7 heteroatoms. The second-order valence-corrected chi connectivity index (χ2v) is 8.15. The van der Waals surface area contributed by atoms with Crippen molar-refractivity contribution in [2.45, 2.75) is 31.6 Å².